The van der Waals surface area contributed by atoms with Crippen LogP contribution in [0.2, 0.25) is 0 Å². The van der Waals surface area contributed by atoms with Crippen molar-refractivity contribution in [1.29, 1.82) is 0 Å². The number of ether oxygens (including phenoxy) is 2. The van der Waals surface area contributed by atoms with E-state index in [-0.39, 0.29) is 40.6 Å². The van der Waals surface area contributed by atoms with Crippen molar-refractivity contribution in [2.45, 2.75) is 12.1 Å². The van der Waals surface area contributed by atoms with Crippen LogP contribution in [0, 0.1) is 11.6 Å². The summed E-state index contributed by atoms with van der Waals surface area (Å²) in [5.41, 5.74) is -1.39. The Hall–Kier alpha value is -3.99. The van der Waals surface area contributed by atoms with Gasteiger partial charge in [-0.2, -0.15) is 0 Å². The number of nitrogens with zero attached hydrogens (tertiary/aromatic N) is 1. The molecule has 34 heavy (non-hydrogen) atoms. The Morgan fingerprint density at radius 1 is 1.18 bits per heavy atom. The smallest absolute Gasteiger partial charge is 0.344 e. The van der Waals surface area contributed by atoms with E-state index in [2.05, 4.69) is 27.5 Å². The van der Waals surface area contributed by atoms with Crippen molar-refractivity contribution in [2.75, 3.05) is 32.6 Å². The van der Waals surface area contributed by atoms with Crippen molar-refractivity contribution in [2.24, 2.45) is 0 Å². The minimum atomic E-state index is -1.03. The number of anilines is 1. The number of amides is 1. The van der Waals surface area contributed by atoms with Gasteiger partial charge in [0.05, 0.1) is 37.3 Å². The minimum Gasteiger partial charge on any atom is -0.494 e. The molecule has 3 aromatic rings. The zero-order valence-corrected chi connectivity index (χ0v) is 18.4. The second-order valence-electron chi connectivity index (χ2n) is 7.57. The van der Waals surface area contributed by atoms with Gasteiger partial charge in [0, 0.05) is 30.7 Å². The van der Waals surface area contributed by atoms with Crippen LogP contribution >= 0.6 is 0 Å². The van der Waals surface area contributed by atoms with Crippen LogP contribution in [0.25, 0.3) is 22.1 Å². The minimum absolute atomic E-state index is 0.162. The highest BCUT2D eigenvalue weighted by molar-refractivity contribution is 5.87. The predicted molar refractivity (Wildman–Crippen MR) is 121 cm³/mol. The van der Waals surface area contributed by atoms with Gasteiger partial charge >= 0.3 is 5.63 Å². The molecule has 3 heterocycles. The third-order valence-corrected chi connectivity index (χ3v) is 5.52. The highest BCUT2D eigenvalue weighted by atomic mass is 19.1. The van der Waals surface area contributed by atoms with Gasteiger partial charge in [0.25, 0.3) is 0 Å². The monoisotopic (exact) mass is 472 g/mol. The van der Waals surface area contributed by atoms with Crippen LogP contribution in [-0.4, -0.2) is 50.3 Å². The standard InChI is InChI=1S/C23H22F2N4O5/c1-4-19(30)29-14-10-26-9-13(14)28-18-6-12-11(8-27-18)5-15(34-23(12)31)20-21(24)16(32-2)7-17(33-3)22(20)25/h4-8,13-14,26H,1,9-10H2,2-3H3,(H,27,28)(H,29,30)/t13-,14+/m1/s1. The van der Waals surface area contributed by atoms with Gasteiger partial charge < -0.3 is 29.8 Å². The van der Waals surface area contributed by atoms with Gasteiger partial charge in [0.15, 0.2) is 23.1 Å². The number of carbonyl (C=O) groups is 1. The Morgan fingerprint density at radius 2 is 1.85 bits per heavy atom. The fourth-order valence-electron chi connectivity index (χ4n) is 3.80. The Labute approximate surface area is 192 Å². The molecular weight excluding hydrogens is 450 g/mol. The van der Waals surface area contributed by atoms with E-state index in [4.69, 9.17) is 13.9 Å². The quantitative estimate of drug-likeness (QED) is 0.449. The van der Waals surface area contributed by atoms with Crippen molar-refractivity contribution in [3.05, 3.63) is 59.1 Å². The number of methoxy groups -OCH3 is 2. The Kier molecular flexibility index (Phi) is 6.46. The van der Waals surface area contributed by atoms with Crippen LogP contribution in [0.1, 0.15) is 0 Å². The molecule has 1 amide bonds. The van der Waals surface area contributed by atoms with Crippen LogP contribution in [0.15, 0.2) is 46.3 Å². The second-order valence-corrected chi connectivity index (χ2v) is 7.57. The molecule has 9 nitrogen and oxygen atoms in total. The molecule has 3 N–H and O–H groups in total. The zero-order chi connectivity index (χ0) is 24.4. The van der Waals surface area contributed by atoms with Crippen LogP contribution in [0.5, 0.6) is 11.5 Å². The van der Waals surface area contributed by atoms with Gasteiger partial charge in [-0.15, -0.1) is 0 Å². The van der Waals surface area contributed by atoms with E-state index >= 15 is 0 Å². The number of fused-ring (bicyclic) bond motifs is 1. The first-order chi connectivity index (χ1) is 16.4. The van der Waals surface area contributed by atoms with Gasteiger partial charge in [-0.3, -0.25) is 4.79 Å². The summed E-state index contributed by atoms with van der Waals surface area (Å²) >= 11 is 0. The SMILES string of the molecule is C=CC(=O)N[C@H]1CNC[C@H]1Nc1cc2c(=O)oc(-c3c(F)c(OC)cc(OC)c3F)cc2cn1. The topological polar surface area (TPSA) is 115 Å². The van der Waals surface area contributed by atoms with E-state index in [0.717, 1.165) is 6.07 Å². The Balaban J connectivity index is 1.69. The van der Waals surface area contributed by atoms with Gasteiger partial charge in [0.1, 0.15) is 11.6 Å². The number of nitrogens with one attached hydrogen (secondary N) is 3. The maximum atomic E-state index is 14.9. The first-order valence-corrected chi connectivity index (χ1v) is 10.3. The number of rotatable bonds is 7. The fourth-order valence-corrected chi connectivity index (χ4v) is 3.80. The van der Waals surface area contributed by atoms with E-state index in [9.17, 15) is 18.4 Å². The number of pyridine rings is 1. The fraction of sp³-hybridized carbons (Fsp3) is 0.261. The average molecular weight is 472 g/mol. The van der Waals surface area contributed by atoms with E-state index < -0.39 is 22.8 Å². The average Bonchev–Trinajstić information content (AvgIpc) is 3.26. The van der Waals surface area contributed by atoms with E-state index in [0.29, 0.717) is 24.3 Å². The first kappa shape index (κ1) is 23.2. The van der Waals surface area contributed by atoms with Crippen molar-refractivity contribution in [3.8, 4) is 22.8 Å². The molecule has 0 bridgehead atoms. The summed E-state index contributed by atoms with van der Waals surface area (Å²) in [6.07, 6.45) is 2.58. The van der Waals surface area contributed by atoms with Crippen LogP contribution in [-0.2, 0) is 4.79 Å². The number of hydrogen-bond acceptors (Lipinski definition) is 8. The molecule has 1 aliphatic heterocycles. The lowest BCUT2D eigenvalue weighted by atomic mass is 10.1. The lowest BCUT2D eigenvalue weighted by Crippen LogP contribution is -2.45. The van der Waals surface area contributed by atoms with E-state index in [1.807, 2.05) is 0 Å². The van der Waals surface area contributed by atoms with E-state index in [1.54, 1.807) is 0 Å². The maximum Gasteiger partial charge on any atom is 0.344 e. The van der Waals surface area contributed by atoms with Crippen LogP contribution in [0.4, 0.5) is 14.6 Å². The van der Waals surface area contributed by atoms with Crippen molar-refractivity contribution in [1.82, 2.24) is 15.6 Å². The molecule has 4 rings (SSSR count). The summed E-state index contributed by atoms with van der Waals surface area (Å²) in [5.74, 6) is -2.85. The molecule has 0 aliphatic carbocycles. The van der Waals surface area contributed by atoms with Crippen molar-refractivity contribution in [3.63, 3.8) is 0 Å². The Morgan fingerprint density at radius 3 is 2.50 bits per heavy atom. The lowest BCUT2D eigenvalue weighted by Gasteiger charge is -2.21. The number of halogens is 2. The summed E-state index contributed by atoms with van der Waals surface area (Å²) in [6.45, 7) is 4.56. The van der Waals surface area contributed by atoms with Crippen LogP contribution in [0.3, 0.4) is 0 Å². The first-order valence-electron chi connectivity index (χ1n) is 10.3. The van der Waals surface area contributed by atoms with Crippen molar-refractivity contribution < 1.29 is 27.5 Å². The molecule has 1 aliphatic rings. The molecule has 178 valence electrons. The van der Waals surface area contributed by atoms with Crippen molar-refractivity contribution >= 4 is 22.5 Å². The summed E-state index contributed by atoms with van der Waals surface area (Å²) in [7, 11) is 2.45. The molecule has 1 saturated heterocycles. The molecule has 0 spiro atoms. The van der Waals surface area contributed by atoms with E-state index in [1.165, 1.54) is 38.6 Å². The number of carbonyl (C=O) groups excluding carboxylic acids is 1. The normalized spacial score (nSPS) is 17.4. The molecule has 1 fully saturated rings. The largest absolute Gasteiger partial charge is 0.494 e. The highest BCUT2D eigenvalue weighted by Crippen LogP contribution is 2.38. The second kappa shape index (κ2) is 9.48. The summed E-state index contributed by atoms with van der Waals surface area (Å²) in [4.78, 5) is 28.7. The number of benzene rings is 1. The molecule has 0 radical (unpaired) electrons. The summed E-state index contributed by atoms with van der Waals surface area (Å²) in [5, 5.41) is 9.64. The molecule has 1 aromatic carbocycles. The number of aromatic nitrogens is 1. The third-order valence-electron chi connectivity index (χ3n) is 5.52. The van der Waals surface area contributed by atoms with Crippen LogP contribution < -0.4 is 31.0 Å². The molecule has 11 heteroatoms. The molecule has 2 aromatic heterocycles. The third kappa shape index (κ3) is 4.29. The van der Waals surface area contributed by atoms with Gasteiger partial charge in [-0.1, -0.05) is 6.58 Å². The Bertz CT molecular complexity index is 1300. The summed E-state index contributed by atoms with van der Waals surface area (Å²) < 4.78 is 44.9. The summed E-state index contributed by atoms with van der Waals surface area (Å²) in [6, 6.07) is 3.46. The number of hydrogen-bond donors (Lipinski definition) is 3. The van der Waals surface area contributed by atoms with Gasteiger partial charge in [0.2, 0.25) is 5.91 Å². The zero-order valence-electron chi connectivity index (χ0n) is 18.4. The highest BCUT2D eigenvalue weighted by Gasteiger charge is 2.28. The molecule has 0 saturated carbocycles. The molecular formula is C23H22F2N4O5. The molecule has 2 atom stereocenters. The molecule has 0 unspecified atom stereocenters. The lowest BCUT2D eigenvalue weighted by molar-refractivity contribution is -0.117. The predicted octanol–water partition coefficient (Wildman–Crippen LogP) is 2.20. The van der Waals surface area contributed by atoms with Gasteiger partial charge in [-0.05, 0) is 18.2 Å². The van der Waals surface area contributed by atoms with Gasteiger partial charge in [-0.25, -0.2) is 18.6 Å². The maximum absolute atomic E-state index is 14.9.